The summed E-state index contributed by atoms with van der Waals surface area (Å²) in [6.45, 7) is 7.54. The van der Waals surface area contributed by atoms with E-state index in [1.807, 2.05) is 19.9 Å². The molecule has 0 aromatic carbocycles. The molecule has 0 unspecified atom stereocenters. The van der Waals surface area contributed by atoms with Crippen molar-refractivity contribution >= 4 is 10.2 Å². The van der Waals surface area contributed by atoms with Crippen LogP contribution in [0.5, 0.6) is 0 Å². The van der Waals surface area contributed by atoms with Crippen LogP contribution in [0.2, 0.25) is 0 Å². The van der Waals surface area contributed by atoms with Crippen molar-refractivity contribution in [2.75, 3.05) is 39.8 Å². The second kappa shape index (κ2) is 7.23. The Hall–Kier alpha value is -0.430. The van der Waals surface area contributed by atoms with Crippen LogP contribution in [0.15, 0.2) is 11.6 Å². The van der Waals surface area contributed by atoms with E-state index in [9.17, 15) is 8.42 Å². The lowest BCUT2D eigenvalue weighted by Crippen LogP contribution is -2.44. The van der Waals surface area contributed by atoms with Gasteiger partial charge in [0, 0.05) is 26.7 Å². The van der Waals surface area contributed by atoms with Crippen LogP contribution in [-0.4, -0.2) is 56.8 Å². The number of hydrogen-bond donors (Lipinski definition) is 1. The fourth-order valence-electron chi connectivity index (χ4n) is 1.88. The van der Waals surface area contributed by atoms with Crippen molar-refractivity contribution in [3.63, 3.8) is 0 Å². The van der Waals surface area contributed by atoms with Crippen molar-refractivity contribution in [1.29, 1.82) is 0 Å². The van der Waals surface area contributed by atoms with E-state index in [0.717, 1.165) is 25.9 Å². The molecule has 1 N–H and O–H groups in total. The van der Waals surface area contributed by atoms with Gasteiger partial charge >= 0.3 is 0 Å². The zero-order chi connectivity index (χ0) is 13.6. The molecule has 0 amide bonds. The van der Waals surface area contributed by atoms with Crippen LogP contribution in [0.4, 0.5) is 0 Å². The Kier molecular flexibility index (Phi) is 6.28. The summed E-state index contributed by atoms with van der Waals surface area (Å²) in [7, 11) is -1.62. The predicted octanol–water partition coefficient (Wildman–Crippen LogP) is 0.815. The van der Waals surface area contributed by atoms with Crippen molar-refractivity contribution < 1.29 is 8.42 Å². The summed E-state index contributed by atoms with van der Waals surface area (Å²) in [4.78, 5) is 0. The third kappa shape index (κ3) is 4.35. The van der Waals surface area contributed by atoms with Gasteiger partial charge in [-0.15, -0.1) is 0 Å². The Morgan fingerprint density at radius 2 is 2.22 bits per heavy atom. The first-order chi connectivity index (χ1) is 8.48. The van der Waals surface area contributed by atoms with E-state index in [1.54, 1.807) is 11.4 Å². The molecule has 0 spiro atoms. The SMILES string of the molecule is CCNCCCN(C)S(=O)(=O)N1CC=C(C)CC1. The summed E-state index contributed by atoms with van der Waals surface area (Å²) in [5, 5.41) is 3.20. The molecule has 18 heavy (non-hydrogen) atoms. The Bertz CT molecular complexity index is 379. The molecular weight excluding hydrogens is 250 g/mol. The average Bonchev–Trinajstić information content (AvgIpc) is 2.35. The lowest BCUT2D eigenvalue weighted by Gasteiger charge is -2.29. The molecule has 0 fully saturated rings. The minimum absolute atomic E-state index is 0.506. The third-order valence-electron chi connectivity index (χ3n) is 3.20. The number of hydrogen-bond acceptors (Lipinski definition) is 3. The van der Waals surface area contributed by atoms with E-state index >= 15 is 0 Å². The summed E-state index contributed by atoms with van der Waals surface area (Å²) >= 11 is 0. The van der Waals surface area contributed by atoms with Gasteiger partial charge in [-0.05, 0) is 32.9 Å². The van der Waals surface area contributed by atoms with Crippen molar-refractivity contribution in [2.45, 2.75) is 26.7 Å². The Balaban J connectivity index is 2.47. The highest BCUT2D eigenvalue weighted by molar-refractivity contribution is 7.86. The minimum Gasteiger partial charge on any atom is -0.317 e. The van der Waals surface area contributed by atoms with Crippen LogP contribution in [0.1, 0.15) is 26.7 Å². The van der Waals surface area contributed by atoms with Crippen LogP contribution in [0.3, 0.4) is 0 Å². The van der Waals surface area contributed by atoms with E-state index < -0.39 is 10.2 Å². The zero-order valence-corrected chi connectivity index (χ0v) is 12.5. The van der Waals surface area contributed by atoms with Crippen molar-refractivity contribution in [1.82, 2.24) is 13.9 Å². The van der Waals surface area contributed by atoms with E-state index in [0.29, 0.717) is 19.6 Å². The molecule has 5 nitrogen and oxygen atoms in total. The van der Waals surface area contributed by atoms with Gasteiger partial charge < -0.3 is 5.32 Å². The molecule has 0 aliphatic carbocycles. The van der Waals surface area contributed by atoms with Gasteiger partial charge in [0.1, 0.15) is 0 Å². The molecule has 106 valence electrons. The number of rotatable bonds is 7. The molecular formula is C12H25N3O2S. The normalized spacial score (nSPS) is 18.1. The second-order valence-electron chi connectivity index (χ2n) is 4.69. The van der Waals surface area contributed by atoms with Crippen molar-refractivity contribution in [2.24, 2.45) is 0 Å². The molecule has 1 heterocycles. The molecule has 1 rings (SSSR count). The maximum Gasteiger partial charge on any atom is 0.282 e. The first kappa shape index (κ1) is 15.6. The Morgan fingerprint density at radius 1 is 1.50 bits per heavy atom. The first-order valence-electron chi connectivity index (χ1n) is 6.56. The maximum atomic E-state index is 12.3. The molecule has 1 aliphatic heterocycles. The molecule has 1 aliphatic rings. The number of nitrogens with zero attached hydrogens (tertiary/aromatic N) is 2. The second-order valence-corrected chi connectivity index (χ2v) is 6.73. The highest BCUT2D eigenvalue weighted by Gasteiger charge is 2.27. The minimum atomic E-state index is -3.28. The highest BCUT2D eigenvalue weighted by Crippen LogP contribution is 2.15. The van der Waals surface area contributed by atoms with Crippen LogP contribution in [0, 0.1) is 0 Å². The van der Waals surface area contributed by atoms with Crippen LogP contribution in [-0.2, 0) is 10.2 Å². The Morgan fingerprint density at radius 3 is 2.78 bits per heavy atom. The van der Waals surface area contributed by atoms with Gasteiger partial charge in [-0.25, -0.2) is 0 Å². The Labute approximate surface area is 111 Å². The van der Waals surface area contributed by atoms with E-state index in [4.69, 9.17) is 0 Å². The van der Waals surface area contributed by atoms with Gasteiger partial charge in [-0.3, -0.25) is 0 Å². The van der Waals surface area contributed by atoms with Crippen molar-refractivity contribution in [3.8, 4) is 0 Å². The van der Waals surface area contributed by atoms with Gasteiger partial charge in [0.25, 0.3) is 10.2 Å². The molecule has 0 aromatic heterocycles. The van der Waals surface area contributed by atoms with Gasteiger partial charge in [0.15, 0.2) is 0 Å². The summed E-state index contributed by atoms with van der Waals surface area (Å²) in [5.41, 5.74) is 1.27. The lowest BCUT2D eigenvalue weighted by molar-refractivity contribution is 0.367. The predicted molar refractivity (Wildman–Crippen MR) is 74.7 cm³/mol. The smallest absolute Gasteiger partial charge is 0.282 e. The maximum absolute atomic E-state index is 12.3. The monoisotopic (exact) mass is 275 g/mol. The lowest BCUT2D eigenvalue weighted by atomic mass is 10.1. The molecule has 0 aromatic rings. The number of nitrogens with one attached hydrogen (secondary N) is 1. The van der Waals surface area contributed by atoms with Gasteiger partial charge in [-0.2, -0.15) is 17.0 Å². The topological polar surface area (TPSA) is 52.7 Å². The fourth-order valence-corrected chi connectivity index (χ4v) is 3.22. The van der Waals surface area contributed by atoms with Crippen molar-refractivity contribution in [3.05, 3.63) is 11.6 Å². The van der Waals surface area contributed by atoms with E-state index in [2.05, 4.69) is 5.32 Å². The van der Waals surface area contributed by atoms with E-state index in [1.165, 1.54) is 9.88 Å². The van der Waals surface area contributed by atoms with Gasteiger partial charge in [0.05, 0.1) is 0 Å². The molecule has 0 saturated carbocycles. The van der Waals surface area contributed by atoms with E-state index in [-0.39, 0.29) is 0 Å². The van der Waals surface area contributed by atoms with Gasteiger partial charge in [0.2, 0.25) is 0 Å². The summed E-state index contributed by atoms with van der Waals surface area (Å²) in [6, 6.07) is 0. The van der Waals surface area contributed by atoms with Crippen LogP contribution >= 0.6 is 0 Å². The zero-order valence-electron chi connectivity index (χ0n) is 11.6. The molecule has 0 radical (unpaired) electrons. The third-order valence-corrected chi connectivity index (χ3v) is 5.15. The summed E-state index contributed by atoms with van der Waals surface area (Å²) in [6.07, 6.45) is 3.67. The van der Waals surface area contributed by atoms with Crippen LogP contribution < -0.4 is 5.32 Å². The summed E-state index contributed by atoms with van der Waals surface area (Å²) < 4.78 is 27.5. The van der Waals surface area contributed by atoms with Gasteiger partial charge in [-0.1, -0.05) is 18.6 Å². The molecule has 6 heteroatoms. The largest absolute Gasteiger partial charge is 0.317 e. The summed E-state index contributed by atoms with van der Waals surface area (Å²) in [5.74, 6) is 0. The fraction of sp³-hybridized carbons (Fsp3) is 0.833. The quantitative estimate of drug-likeness (QED) is 0.553. The molecule has 0 bridgehead atoms. The molecule has 0 atom stereocenters. The average molecular weight is 275 g/mol. The highest BCUT2D eigenvalue weighted by atomic mass is 32.2. The van der Waals surface area contributed by atoms with Crippen LogP contribution in [0.25, 0.3) is 0 Å². The molecule has 0 saturated heterocycles. The first-order valence-corrected chi connectivity index (χ1v) is 7.96. The standard InChI is InChI=1S/C12H25N3O2S/c1-4-13-8-5-9-14(3)18(16,17)15-10-6-12(2)7-11-15/h6,13H,4-5,7-11H2,1-3H3.